The van der Waals surface area contributed by atoms with Gasteiger partial charge in [-0.2, -0.15) is 0 Å². The Labute approximate surface area is 122 Å². The van der Waals surface area contributed by atoms with Gasteiger partial charge in [0.2, 0.25) is 0 Å². The molecule has 2 aromatic carbocycles. The molecule has 1 atom stereocenters. The molecule has 0 saturated carbocycles. The van der Waals surface area contributed by atoms with Gasteiger partial charge >= 0.3 is 0 Å². The van der Waals surface area contributed by atoms with E-state index in [0.717, 1.165) is 11.1 Å². The minimum Gasteiger partial charge on any atom is -0.321 e. The summed E-state index contributed by atoms with van der Waals surface area (Å²) in [5, 5.41) is 1.00. The molecule has 1 unspecified atom stereocenters. The van der Waals surface area contributed by atoms with Crippen LogP contribution in [0.5, 0.6) is 0 Å². The zero-order chi connectivity index (χ0) is 14.0. The van der Waals surface area contributed by atoms with Gasteiger partial charge in [0.05, 0.1) is 10.0 Å². The molecule has 19 heavy (non-hydrogen) atoms. The van der Waals surface area contributed by atoms with E-state index in [2.05, 4.69) is 0 Å². The maximum atomic E-state index is 13.3. The largest absolute Gasteiger partial charge is 0.321 e. The van der Waals surface area contributed by atoms with Crippen LogP contribution in [0.2, 0.25) is 10.0 Å². The SMILES string of the molecule is CC(N)(Cc1ccc(Cl)c(Cl)c1)c1cccc(F)c1. The van der Waals surface area contributed by atoms with Gasteiger partial charge in [-0.3, -0.25) is 0 Å². The number of hydrogen-bond acceptors (Lipinski definition) is 1. The highest BCUT2D eigenvalue weighted by Gasteiger charge is 2.22. The lowest BCUT2D eigenvalue weighted by molar-refractivity contribution is 0.486. The molecule has 2 aromatic rings. The Hall–Kier alpha value is -1.09. The van der Waals surface area contributed by atoms with Crippen LogP contribution in [0.4, 0.5) is 4.39 Å². The second-order valence-electron chi connectivity index (χ2n) is 4.85. The maximum absolute atomic E-state index is 13.3. The predicted molar refractivity (Wildman–Crippen MR) is 78.1 cm³/mol. The average Bonchev–Trinajstić information content (AvgIpc) is 2.33. The molecule has 0 aliphatic carbocycles. The second kappa shape index (κ2) is 5.49. The molecule has 0 aliphatic rings. The van der Waals surface area contributed by atoms with Crippen molar-refractivity contribution >= 4 is 23.2 Å². The molecular weight excluding hydrogens is 284 g/mol. The van der Waals surface area contributed by atoms with Crippen LogP contribution in [-0.2, 0) is 12.0 Å². The van der Waals surface area contributed by atoms with Gasteiger partial charge in [0, 0.05) is 5.54 Å². The first-order chi connectivity index (χ1) is 8.88. The van der Waals surface area contributed by atoms with Gasteiger partial charge < -0.3 is 5.73 Å². The Balaban J connectivity index is 2.27. The van der Waals surface area contributed by atoms with Crippen LogP contribution in [0.1, 0.15) is 18.1 Å². The molecule has 0 aliphatic heterocycles. The van der Waals surface area contributed by atoms with Crippen LogP contribution >= 0.6 is 23.2 Å². The Morgan fingerprint density at radius 3 is 2.47 bits per heavy atom. The molecule has 0 saturated heterocycles. The molecule has 0 spiro atoms. The Bertz CT molecular complexity index is 596. The highest BCUT2D eigenvalue weighted by atomic mass is 35.5. The predicted octanol–water partition coefficient (Wildman–Crippen LogP) is 4.55. The summed E-state index contributed by atoms with van der Waals surface area (Å²) in [4.78, 5) is 0. The number of hydrogen-bond donors (Lipinski definition) is 1. The summed E-state index contributed by atoms with van der Waals surface area (Å²) in [6, 6.07) is 11.7. The molecule has 0 radical (unpaired) electrons. The zero-order valence-corrected chi connectivity index (χ0v) is 12.0. The first-order valence-corrected chi connectivity index (χ1v) is 6.63. The van der Waals surface area contributed by atoms with Crippen molar-refractivity contribution in [2.45, 2.75) is 18.9 Å². The molecule has 0 amide bonds. The van der Waals surface area contributed by atoms with E-state index in [9.17, 15) is 4.39 Å². The summed E-state index contributed by atoms with van der Waals surface area (Å²) in [5.74, 6) is -0.289. The van der Waals surface area contributed by atoms with Gasteiger partial charge in [0.25, 0.3) is 0 Å². The van der Waals surface area contributed by atoms with Crippen LogP contribution in [0.25, 0.3) is 0 Å². The Morgan fingerprint density at radius 2 is 1.84 bits per heavy atom. The molecule has 0 aromatic heterocycles. The van der Waals surface area contributed by atoms with Crippen molar-refractivity contribution in [3.8, 4) is 0 Å². The monoisotopic (exact) mass is 297 g/mol. The lowest BCUT2D eigenvalue weighted by Gasteiger charge is -2.25. The van der Waals surface area contributed by atoms with E-state index >= 15 is 0 Å². The minimum absolute atomic E-state index is 0.289. The van der Waals surface area contributed by atoms with Crippen LogP contribution in [0, 0.1) is 5.82 Å². The molecule has 0 heterocycles. The fraction of sp³-hybridized carbons (Fsp3) is 0.200. The fourth-order valence-corrected chi connectivity index (χ4v) is 2.34. The summed E-state index contributed by atoms with van der Waals surface area (Å²) in [6.07, 6.45) is 0.549. The zero-order valence-electron chi connectivity index (χ0n) is 10.5. The van der Waals surface area contributed by atoms with Crippen molar-refractivity contribution in [2.24, 2.45) is 5.73 Å². The highest BCUT2D eigenvalue weighted by molar-refractivity contribution is 6.42. The molecule has 100 valence electrons. The van der Waals surface area contributed by atoms with Crippen molar-refractivity contribution in [2.75, 3.05) is 0 Å². The summed E-state index contributed by atoms with van der Waals surface area (Å²) < 4.78 is 13.3. The van der Waals surface area contributed by atoms with Gasteiger partial charge in [-0.25, -0.2) is 4.39 Å². The first-order valence-electron chi connectivity index (χ1n) is 5.87. The third kappa shape index (κ3) is 3.47. The van der Waals surface area contributed by atoms with Crippen LogP contribution in [-0.4, -0.2) is 0 Å². The molecule has 2 N–H and O–H groups in total. The van der Waals surface area contributed by atoms with Crippen LogP contribution < -0.4 is 5.73 Å². The number of halogens is 3. The van der Waals surface area contributed by atoms with Crippen molar-refractivity contribution in [1.82, 2.24) is 0 Å². The van der Waals surface area contributed by atoms with Crippen LogP contribution in [0.3, 0.4) is 0 Å². The topological polar surface area (TPSA) is 26.0 Å². The van der Waals surface area contributed by atoms with E-state index in [1.54, 1.807) is 18.2 Å². The average molecular weight is 298 g/mol. The standard InChI is InChI=1S/C15H14Cl2FN/c1-15(19,11-3-2-4-12(18)8-11)9-10-5-6-13(16)14(17)7-10/h2-8H,9,19H2,1H3. The molecule has 2 rings (SSSR count). The van der Waals surface area contributed by atoms with Gasteiger partial charge in [-0.05, 0) is 48.7 Å². The lowest BCUT2D eigenvalue weighted by Crippen LogP contribution is -2.35. The van der Waals surface area contributed by atoms with E-state index in [1.165, 1.54) is 12.1 Å². The summed E-state index contributed by atoms with van der Waals surface area (Å²) in [6.45, 7) is 1.87. The number of rotatable bonds is 3. The van der Waals surface area contributed by atoms with Gasteiger partial charge in [0.1, 0.15) is 5.82 Å². The second-order valence-corrected chi connectivity index (χ2v) is 5.67. The van der Waals surface area contributed by atoms with E-state index in [0.29, 0.717) is 16.5 Å². The summed E-state index contributed by atoms with van der Waals surface area (Å²) in [7, 11) is 0. The molecule has 4 heteroatoms. The Morgan fingerprint density at radius 1 is 1.11 bits per heavy atom. The van der Waals surface area contributed by atoms with E-state index in [-0.39, 0.29) is 5.82 Å². The van der Waals surface area contributed by atoms with E-state index < -0.39 is 5.54 Å². The molecule has 1 nitrogen and oxygen atoms in total. The smallest absolute Gasteiger partial charge is 0.123 e. The lowest BCUT2D eigenvalue weighted by atomic mass is 9.86. The van der Waals surface area contributed by atoms with Gasteiger partial charge in [-0.15, -0.1) is 0 Å². The van der Waals surface area contributed by atoms with Crippen molar-refractivity contribution in [1.29, 1.82) is 0 Å². The van der Waals surface area contributed by atoms with Crippen molar-refractivity contribution in [3.63, 3.8) is 0 Å². The molecule has 0 bridgehead atoms. The van der Waals surface area contributed by atoms with Crippen molar-refractivity contribution < 1.29 is 4.39 Å². The normalized spacial score (nSPS) is 14.2. The van der Waals surface area contributed by atoms with Gasteiger partial charge in [0.15, 0.2) is 0 Å². The summed E-state index contributed by atoms with van der Waals surface area (Å²) >= 11 is 11.9. The Kier molecular flexibility index (Phi) is 4.14. The highest BCUT2D eigenvalue weighted by Crippen LogP contribution is 2.27. The van der Waals surface area contributed by atoms with E-state index in [1.807, 2.05) is 19.1 Å². The quantitative estimate of drug-likeness (QED) is 0.884. The van der Waals surface area contributed by atoms with Crippen LogP contribution in [0.15, 0.2) is 42.5 Å². The first kappa shape index (κ1) is 14.3. The number of benzene rings is 2. The fourth-order valence-electron chi connectivity index (χ4n) is 2.02. The van der Waals surface area contributed by atoms with Gasteiger partial charge in [-0.1, -0.05) is 41.4 Å². The summed E-state index contributed by atoms with van der Waals surface area (Å²) in [5.41, 5.74) is 7.33. The molecule has 0 fully saturated rings. The minimum atomic E-state index is -0.667. The molecular formula is C15H14Cl2FN. The van der Waals surface area contributed by atoms with Crippen molar-refractivity contribution in [3.05, 3.63) is 69.5 Å². The maximum Gasteiger partial charge on any atom is 0.123 e. The third-order valence-corrected chi connectivity index (χ3v) is 3.78. The third-order valence-electron chi connectivity index (χ3n) is 3.04. The number of nitrogens with two attached hydrogens (primary N) is 1. The van der Waals surface area contributed by atoms with E-state index in [4.69, 9.17) is 28.9 Å².